The smallest absolute Gasteiger partial charge is 0.490 e. The number of hydrogen-bond acceptors (Lipinski definition) is 8. The zero-order valence-electron chi connectivity index (χ0n) is 28.5. The lowest BCUT2D eigenvalue weighted by molar-refractivity contribution is -0.193. The SMILES string of the molecule is C=CC(=O)N1CC(CN2C(=O)C(CN3CCN(C)CC3)Oc3cc(-c4cc(O)cc5ccccc45)c(Cl)cc32)C1.O=C(O)C(F)(F)F.O=C(O)C(F)(F)F. The molecule has 3 aliphatic heterocycles. The van der Waals surface area contributed by atoms with Crippen molar-refractivity contribution >= 4 is 51.8 Å². The number of carbonyl (C=O) groups is 4. The number of hydrogen-bond donors (Lipinski definition) is 3. The van der Waals surface area contributed by atoms with Crippen LogP contribution in [0.25, 0.3) is 21.9 Å². The molecule has 1 unspecified atom stereocenters. The summed E-state index contributed by atoms with van der Waals surface area (Å²) in [6.45, 7) is 9.34. The van der Waals surface area contributed by atoms with Crippen LogP contribution in [0.5, 0.6) is 11.5 Å². The summed E-state index contributed by atoms with van der Waals surface area (Å²) in [7, 11) is 2.10. The Balaban J connectivity index is 0.000000396. The molecule has 0 bridgehead atoms. The van der Waals surface area contributed by atoms with E-state index in [1.807, 2.05) is 30.3 Å². The number of benzene rings is 3. The molecule has 19 heteroatoms. The molecule has 2 saturated heterocycles. The van der Waals surface area contributed by atoms with E-state index in [1.165, 1.54) is 6.08 Å². The van der Waals surface area contributed by atoms with E-state index in [4.69, 9.17) is 36.1 Å². The number of halogens is 7. The largest absolute Gasteiger partial charge is 0.508 e. The molecule has 3 heterocycles. The number of carboxylic acids is 2. The van der Waals surface area contributed by atoms with Gasteiger partial charge in [0.2, 0.25) is 5.91 Å². The van der Waals surface area contributed by atoms with E-state index >= 15 is 0 Å². The monoisotopic (exact) mass is 788 g/mol. The number of ether oxygens (including phenoxy) is 1. The van der Waals surface area contributed by atoms with Gasteiger partial charge in [-0.25, -0.2) is 9.59 Å². The fourth-order valence-electron chi connectivity index (χ4n) is 5.89. The molecule has 0 spiro atoms. The van der Waals surface area contributed by atoms with Gasteiger partial charge in [0.1, 0.15) is 11.5 Å². The van der Waals surface area contributed by atoms with Crippen LogP contribution in [0.1, 0.15) is 0 Å². The van der Waals surface area contributed by atoms with Crippen LogP contribution < -0.4 is 9.64 Å². The number of carboxylic acid groups (broad SMARTS) is 2. The highest BCUT2D eigenvalue weighted by molar-refractivity contribution is 6.34. The van der Waals surface area contributed by atoms with Gasteiger partial charge in [0.15, 0.2) is 6.10 Å². The summed E-state index contributed by atoms with van der Waals surface area (Å²) in [6, 6.07) is 15.0. The average Bonchev–Trinajstić information content (AvgIpc) is 3.07. The summed E-state index contributed by atoms with van der Waals surface area (Å²) in [5.74, 6) is -4.81. The molecule has 12 nitrogen and oxygen atoms in total. The van der Waals surface area contributed by atoms with Gasteiger partial charge in [-0.05, 0) is 53.7 Å². The third kappa shape index (κ3) is 10.3. The second kappa shape index (κ2) is 16.9. The molecule has 3 N–H and O–H groups in total. The molecule has 0 radical (unpaired) electrons. The van der Waals surface area contributed by atoms with Crippen molar-refractivity contribution in [3.63, 3.8) is 0 Å². The standard InChI is InChI=1S/C31H33ClN4O4.2C2HF3O2/c1-3-30(38)35-16-20(17-35)18-36-27-15-26(32)25(24-13-22(37)12-21-6-4-5-7-23(21)24)14-28(27)40-29(31(36)39)19-34-10-8-33(2)9-11-34;2*3-2(4,5)1(6)7/h3-7,12-15,20,29,37H,1,8-11,16-19H2,2H3;2*(H,6,7). The van der Waals surface area contributed by atoms with Crippen molar-refractivity contribution < 1.29 is 65.6 Å². The van der Waals surface area contributed by atoms with Crippen LogP contribution in [-0.4, -0.2) is 132 Å². The molecule has 3 aliphatic rings. The van der Waals surface area contributed by atoms with Crippen LogP contribution in [0.3, 0.4) is 0 Å². The van der Waals surface area contributed by atoms with Gasteiger partial charge in [0.05, 0.1) is 10.7 Å². The number of fused-ring (bicyclic) bond motifs is 2. The van der Waals surface area contributed by atoms with Crippen LogP contribution in [0.4, 0.5) is 32.0 Å². The van der Waals surface area contributed by atoms with Crippen LogP contribution in [0, 0.1) is 5.92 Å². The van der Waals surface area contributed by atoms with Gasteiger partial charge in [-0.15, -0.1) is 0 Å². The molecule has 292 valence electrons. The van der Waals surface area contributed by atoms with Crippen LogP contribution >= 0.6 is 11.6 Å². The van der Waals surface area contributed by atoms with E-state index in [2.05, 4.69) is 23.4 Å². The number of alkyl halides is 6. The third-order valence-corrected chi connectivity index (χ3v) is 8.99. The first kappa shape index (κ1) is 41.7. The van der Waals surface area contributed by atoms with Crippen LogP contribution in [0.2, 0.25) is 5.02 Å². The number of rotatable bonds is 6. The number of aliphatic carboxylic acids is 2. The van der Waals surface area contributed by atoms with E-state index in [-0.39, 0.29) is 23.5 Å². The molecular weight excluding hydrogens is 754 g/mol. The third-order valence-electron chi connectivity index (χ3n) is 8.68. The number of phenolic OH excluding ortho intramolecular Hbond substituents is 1. The Kier molecular flexibility index (Phi) is 13.1. The van der Waals surface area contributed by atoms with Crippen LogP contribution in [0.15, 0.2) is 61.2 Å². The predicted molar refractivity (Wildman–Crippen MR) is 184 cm³/mol. The number of nitrogens with zero attached hydrogens (tertiary/aromatic N) is 4. The van der Waals surface area contributed by atoms with Crippen molar-refractivity contribution in [3.05, 3.63) is 66.2 Å². The summed E-state index contributed by atoms with van der Waals surface area (Å²) in [4.78, 5) is 51.7. The zero-order valence-corrected chi connectivity index (χ0v) is 29.3. The molecule has 0 saturated carbocycles. The highest BCUT2D eigenvalue weighted by atomic mass is 35.5. The van der Waals surface area contributed by atoms with Crippen molar-refractivity contribution in [2.24, 2.45) is 5.92 Å². The Hall–Kier alpha value is -5.07. The van der Waals surface area contributed by atoms with Crippen molar-refractivity contribution in [3.8, 4) is 22.6 Å². The second-order valence-electron chi connectivity index (χ2n) is 12.6. The first-order chi connectivity index (χ1) is 25.2. The van der Waals surface area contributed by atoms with Gasteiger partial charge in [0, 0.05) is 63.8 Å². The molecule has 3 aromatic rings. The lowest BCUT2D eigenvalue weighted by Gasteiger charge is -2.44. The Labute approximate surface area is 309 Å². The Morgan fingerprint density at radius 3 is 2.04 bits per heavy atom. The van der Waals surface area contributed by atoms with Crippen molar-refractivity contribution in [2.45, 2.75) is 18.5 Å². The molecule has 1 atom stereocenters. The topological polar surface area (TPSA) is 151 Å². The van der Waals surface area contributed by atoms with E-state index in [0.29, 0.717) is 42.6 Å². The Morgan fingerprint density at radius 1 is 0.907 bits per heavy atom. The maximum atomic E-state index is 13.9. The normalized spacial score (nSPS) is 17.9. The predicted octanol–water partition coefficient (Wildman–Crippen LogP) is 5.12. The molecule has 0 aromatic heterocycles. The summed E-state index contributed by atoms with van der Waals surface area (Å²) in [6.07, 6.45) is -9.50. The molecule has 2 amide bonds. The van der Waals surface area contributed by atoms with Gasteiger partial charge in [-0.2, -0.15) is 26.3 Å². The number of anilines is 1. The maximum absolute atomic E-state index is 13.9. The quantitative estimate of drug-likeness (QED) is 0.227. The fourth-order valence-corrected chi connectivity index (χ4v) is 6.15. The average molecular weight is 789 g/mol. The summed E-state index contributed by atoms with van der Waals surface area (Å²) < 4.78 is 69.9. The number of phenols is 1. The first-order valence-electron chi connectivity index (χ1n) is 16.2. The Bertz CT molecular complexity index is 1870. The second-order valence-corrected chi connectivity index (χ2v) is 13.0. The first-order valence-corrected chi connectivity index (χ1v) is 16.5. The number of piperazine rings is 1. The van der Waals surface area contributed by atoms with E-state index in [0.717, 1.165) is 48.1 Å². The van der Waals surface area contributed by atoms with Gasteiger partial charge >= 0.3 is 24.3 Å². The molecule has 2 fully saturated rings. The number of carbonyl (C=O) groups excluding carboxylic acids is 2. The van der Waals surface area contributed by atoms with E-state index in [1.54, 1.807) is 28.0 Å². The molecule has 3 aromatic carbocycles. The van der Waals surface area contributed by atoms with E-state index in [9.17, 15) is 41.0 Å². The van der Waals surface area contributed by atoms with Gasteiger partial charge in [-0.1, -0.05) is 42.4 Å². The minimum absolute atomic E-state index is 0.0912. The van der Waals surface area contributed by atoms with Gasteiger partial charge in [-0.3, -0.25) is 14.5 Å². The number of likely N-dealkylation sites (N-methyl/N-ethyl adjacent to an activating group) is 1. The summed E-state index contributed by atoms with van der Waals surface area (Å²) >= 11 is 6.88. The zero-order chi connectivity index (χ0) is 40.1. The summed E-state index contributed by atoms with van der Waals surface area (Å²) in [5.41, 5.74) is 2.15. The maximum Gasteiger partial charge on any atom is 0.490 e. The van der Waals surface area contributed by atoms with Crippen molar-refractivity contribution in [2.75, 3.05) is 64.3 Å². The minimum Gasteiger partial charge on any atom is -0.508 e. The lowest BCUT2D eigenvalue weighted by Crippen LogP contribution is -2.58. The number of aromatic hydroxyl groups is 1. The highest BCUT2D eigenvalue weighted by Crippen LogP contribution is 2.45. The highest BCUT2D eigenvalue weighted by Gasteiger charge is 2.41. The van der Waals surface area contributed by atoms with Crippen molar-refractivity contribution in [1.29, 1.82) is 0 Å². The van der Waals surface area contributed by atoms with Crippen LogP contribution in [-0.2, 0) is 19.2 Å². The molecule has 54 heavy (non-hydrogen) atoms. The number of likely N-dealkylation sites (tertiary alicyclic amines) is 1. The molecule has 6 rings (SSSR count). The van der Waals surface area contributed by atoms with Gasteiger partial charge in [0.25, 0.3) is 5.91 Å². The van der Waals surface area contributed by atoms with Crippen molar-refractivity contribution in [1.82, 2.24) is 14.7 Å². The van der Waals surface area contributed by atoms with E-state index < -0.39 is 30.4 Å². The lowest BCUT2D eigenvalue weighted by atomic mass is 9.95. The Morgan fingerprint density at radius 2 is 1.48 bits per heavy atom. The van der Waals surface area contributed by atoms with Gasteiger partial charge < -0.3 is 34.8 Å². The molecular formula is C35H35ClF6N4O8. The minimum atomic E-state index is -5.08. The summed E-state index contributed by atoms with van der Waals surface area (Å²) in [5, 5.41) is 27.0. The fraction of sp³-hybridized carbons (Fsp3) is 0.371. The molecule has 0 aliphatic carbocycles. The number of amides is 2.